The van der Waals surface area contributed by atoms with Crippen LogP contribution in [-0.4, -0.2) is 36.5 Å². The Bertz CT molecular complexity index is 792. The van der Waals surface area contributed by atoms with Crippen LogP contribution in [0.15, 0.2) is 54.6 Å². The number of ether oxygens (including phenoxy) is 1. The molecular weight excluding hydrogens is 368 g/mol. The number of amides is 3. The summed E-state index contributed by atoms with van der Waals surface area (Å²) in [7, 11) is 0. The number of nitrogens with zero attached hydrogens (tertiary/aromatic N) is 1. The van der Waals surface area contributed by atoms with Crippen LogP contribution in [0, 0.1) is 5.92 Å². The predicted molar refractivity (Wildman–Crippen MR) is 101 cm³/mol. The molecule has 0 bridgehead atoms. The number of anilines is 2. The quantitative estimate of drug-likeness (QED) is 0.806. The molecule has 2 N–H and O–H groups in total. The van der Waals surface area contributed by atoms with Gasteiger partial charge in [-0.05, 0) is 49.2 Å². The molecule has 0 saturated carbocycles. The average molecular weight is 389 g/mol. The molecule has 1 aliphatic rings. The van der Waals surface area contributed by atoms with E-state index in [0.29, 0.717) is 31.6 Å². The number of halogens is 2. The second-order valence-corrected chi connectivity index (χ2v) is 6.45. The third-order valence-electron chi connectivity index (χ3n) is 4.53. The fraction of sp³-hybridized carbons (Fsp3) is 0.300. The number of likely N-dealkylation sites (tertiary alicyclic amines) is 1. The summed E-state index contributed by atoms with van der Waals surface area (Å²) in [5, 5.41) is 5.61. The van der Waals surface area contributed by atoms with Gasteiger partial charge in [-0.1, -0.05) is 18.2 Å². The first-order chi connectivity index (χ1) is 13.5. The maximum absolute atomic E-state index is 12.4. The van der Waals surface area contributed by atoms with Crippen LogP contribution in [0.3, 0.4) is 0 Å². The van der Waals surface area contributed by atoms with Crippen LogP contribution in [0.25, 0.3) is 0 Å². The summed E-state index contributed by atoms with van der Waals surface area (Å²) in [6, 6.07) is 14.8. The number of hydrogen-bond donors (Lipinski definition) is 2. The number of alkyl halides is 2. The van der Waals surface area contributed by atoms with Crippen molar-refractivity contribution >= 4 is 23.3 Å². The van der Waals surface area contributed by atoms with E-state index in [-0.39, 0.29) is 23.6 Å². The van der Waals surface area contributed by atoms with Crippen LogP contribution < -0.4 is 15.4 Å². The Hall–Kier alpha value is -3.16. The molecule has 2 aromatic rings. The lowest BCUT2D eigenvalue weighted by atomic mass is 9.96. The predicted octanol–water partition coefficient (Wildman–Crippen LogP) is 4.17. The van der Waals surface area contributed by atoms with Crippen LogP contribution in [0.1, 0.15) is 12.8 Å². The molecule has 8 heteroatoms. The molecule has 1 fully saturated rings. The van der Waals surface area contributed by atoms with Gasteiger partial charge >= 0.3 is 12.6 Å². The molecule has 28 heavy (non-hydrogen) atoms. The molecule has 3 amide bonds. The fourth-order valence-electron chi connectivity index (χ4n) is 3.03. The van der Waals surface area contributed by atoms with Crippen molar-refractivity contribution in [1.82, 2.24) is 4.90 Å². The third-order valence-corrected chi connectivity index (χ3v) is 4.53. The normalized spacial score (nSPS) is 14.6. The van der Waals surface area contributed by atoms with Crippen molar-refractivity contribution in [3.05, 3.63) is 54.6 Å². The van der Waals surface area contributed by atoms with Crippen LogP contribution >= 0.6 is 0 Å². The Balaban J connectivity index is 1.46. The number of rotatable bonds is 5. The number of para-hydroxylation sites is 1. The lowest BCUT2D eigenvalue weighted by Crippen LogP contribution is -2.43. The van der Waals surface area contributed by atoms with Crippen molar-refractivity contribution < 1.29 is 23.1 Å². The van der Waals surface area contributed by atoms with Gasteiger partial charge in [0, 0.05) is 30.4 Å². The molecule has 6 nitrogen and oxygen atoms in total. The Kier molecular flexibility index (Phi) is 6.41. The lowest BCUT2D eigenvalue weighted by molar-refractivity contribution is -0.121. The van der Waals surface area contributed by atoms with Crippen LogP contribution in [0.5, 0.6) is 5.75 Å². The maximum atomic E-state index is 12.4. The largest absolute Gasteiger partial charge is 0.435 e. The Morgan fingerprint density at radius 1 is 0.929 bits per heavy atom. The van der Waals surface area contributed by atoms with E-state index < -0.39 is 6.61 Å². The zero-order valence-electron chi connectivity index (χ0n) is 15.1. The van der Waals surface area contributed by atoms with Gasteiger partial charge in [-0.15, -0.1) is 0 Å². The smallest absolute Gasteiger partial charge is 0.387 e. The number of benzene rings is 2. The summed E-state index contributed by atoms with van der Waals surface area (Å²) in [6.07, 6.45) is 1.11. The summed E-state index contributed by atoms with van der Waals surface area (Å²) in [5.41, 5.74) is 1.24. The van der Waals surface area contributed by atoms with Gasteiger partial charge in [-0.25, -0.2) is 4.79 Å². The monoisotopic (exact) mass is 389 g/mol. The Morgan fingerprint density at radius 3 is 2.14 bits per heavy atom. The molecule has 0 spiro atoms. The maximum Gasteiger partial charge on any atom is 0.387 e. The van der Waals surface area contributed by atoms with Gasteiger partial charge < -0.3 is 20.3 Å². The van der Waals surface area contributed by atoms with E-state index >= 15 is 0 Å². The number of carbonyl (C=O) groups excluding carboxylic acids is 2. The standard InChI is InChI=1S/C20H21F2N3O3/c21-19(22)28-17-8-6-16(7-9-17)23-18(26)14-10-12-25(13-11-14)20(27)24-15-4-2-1-3-5-15/h1-9,14,19H,10-13H2,(H,23,26)(H,24,27). The number of nitrogens with one attached hydrogen (secondary N) is 2. The van der Waals surface area contributed by atoms with Gasteiger partial charge in [-0.2, -0.15) is 8.78 Å². The molecule has 1 aliphatic heterocycles. The summed E-state index contributed by atoms with van der Waals surface area (Å²) < 4.78 is 28.6. The van der Waals surface area contributed by atoms with Gasteiger partial charge in [0.15, 0.2) is 0 Å². The van der Waals surface area contributed by atoms with Crippen molar-refractivity contribution in [1.29, 1.82) is 0 Å². The highest BCUT2D eigenvalue weighted by Gasteiger charge is 2.27. The van der Waals surface area contributed by atoms with Crippen LogP contribution in [-0.2, 0) is 4.79 Å². The highest BCUT2D eigenvalue weighted by atomic mass is 19.3. The molecule has 1 saturated heterocycles. The highest BCUT2D eigenvalue weighted by molar-refractivity contribution is 5.93. The molecule has 1 heterocycles. The van der Waals surface area contributed by atoms with E-state index in [2.05, 4.69) is 15.4 Å². The second-order valence-electron chi connectivity index (χ2n) is 6.45. The van der Waals surface area contributed by atoms with Gasteiger partial charge in [-0.3, -0.25) is 4.79 Å². The zero-order chi connectivity index (χ0) is 19.9. The van der Waals surface area contributed by atoms with Crippen LogP contribution in [0.2, 0.25) is 0 Å². The van der Waals surface area contributed by atoms with E-state index in [9.17, 15) is 18.4 Å². The van der Waals surface area contributed by atoms with Gasteiger partial charge in [0.05, 0.1) is 0 Å². The summed E-state index contributed by atoms with van der Waals surface area (Å²) in [5.74, 6) is -0.325. The fourth-order valence-corrected chi connectivity index (χ4v) is 3.03. The van der Waals surface area contributed by atoms with Crippen molar-refractivity contribution in [2.45, 2.75) is 19.5 Å². The van der Waals surface area contributed by atoms with E-state index in [4.69, 9.17) is 0 Å². The first-order valence-electron chi connectivity index (χ1n) is 8.98. The third kappa shape index (κ3) is 5.42. The molecule has 0 unspecified atom stereocenters. The SMILES string of the molecule is O=C(Nc1ccc(OC(F)F)cc1)C1CCN(C(=O)Nc2ccccc2)CC1. The molecule has 2 aromatic carbocycles. The number of hydrogen-bond acceptors (Lipinski definition) is 3. The molecule has 3 rings (SSSR count). The van der Waals surface area contributed by atoms with Gasteiger partial charge in [0.1, 0.15) is 5.75 Å². The summed E-state index contributed by atoms with van der Waals surface area (Å²) in [4.78, 5) is 26.4. The van der Waals surface area contributed by atoms with Crippen molar-refractivity contribution in [2.24, 2.45) is 5.92 Å². The van der Waals surface area contributed by atoms with Crippen molar-refractivity contribution in [2.75, 3.05) is 23.7 Å². The summed E-state index contributed by atoms with van der Waals surface area (Å²) in [6.45, 7) is -1.92. The van der Waals surface area contributed by atoms with E-state index in [1.807, 2.05) is 30.3 Å². The van der Waals surface area contributed by atoms with Crippen molar-refractivity contribution in [3.63, 3.8) is 0 Å². The molecular formula is C20H21F2N3O3. The van der Waals surface area contributed by atoms with E-state index in [0.717, 1.165) is 5.69 Å². The minimum atomic E-state index is -2.88. The minimum absolute atomic E-state index is 0.0331. The summed E-state index contributed by atoms with van der Waals surface area (Å²) >= 11 is 0. The molecule has 0 radical (unpaired) electrons. The molecule has 0 aliphatic carbocycles. The Labute approximate surface area is 161 Å². The first kappa shape index (κ1) is 19.6. The Morgan fingerprint density at radius 2 is 1.54 bits per heavy atom. The van der Waals surface area contributed by atoms with Gasteiger partial charge in [0.2, 0.25) is 5.91 Å². The van der Waals surface area contributed by atoms with E-state index in [1.165, 1.54) is 24.3 Å². The minimum Gasteiger partial charge on any atom is -0.435 e. The number of urea groups is 1. The topological polar surface area (TPSA) is 70.7 Å². The average Bonchev–Trinajstić information content (AvgIpc) is 2.70. The molecule has 148 valence electrons. The van der Waals surface area contributed by atoms with Crippen LogP contribution in [0.4, 0.5) is 25.0 Å². The van der Waals surface area contributed by atoms with Gasteiger partial charge in [0.25, 0.3) is 0 Å². The number of piperidine rings is 1. The van der Waals surface area contributed by atoms with Crippen molar-refractivity contribution in [3.8, 4) is 5.75 Å². The second kappa shape index (κ2) is 9.16. The highest BCUT2D eigenvalue weighted by Crippen LogP contribution is 2.22. The zero-order valence-corrected chi connectivity index (χ0v) is 15.1. The molecule has 0 atom stereocenters. The first-order valence-corrected chi connectivity index (χ1v) is 8.98. The lowest BCUT2D eigenvalue weighted by Gasteiger charge is -2.31. The number of carbonyl (C=O) groups is 2. The molecule has 0 aromatic heterocycles. The van der Waals surface area contributed by atoms with E-state index in [1.54, 1.807) is 4.90 Å².